The molecule has 1 aromatic rings. The molecule has 7 heteroatoms. The molecule has 90 valence electrons. The summed E-state index contributed by atoms with van der Waals surface area (Å²) in [5.74, 6) is 0. The van der Waals surface area contributed by atoms with E-state index in [1.807, 2.05) is 0 Å². The van der Waals surface area contributed by atoms with Gasteiger partial charge in [0, 0.05) is 5.02 Å². The predicted octanol–water partition coefficient (Wildman–Crippen LogP) is 1.99. The Labute approximate surface area is 104 Å². The highest BCUT2D eigenvalue weighted by Crippen LogP contribution is 2.16. The first-order valence-electron chi connectivity index (χ1n) is 4.63. The van der Waals surface area contributed by atoms with Crippen molar-refractivity contribution in [1.29, 1.82) is 5.26 Å². The van der Waals surface area contributed by atoms with Crippen LogP contribution in [0.2, 0.25) is 5.02 Å². The number of benzene rings is 1. The van der Waals surface area contributed by atoms with Crippen LogP contribution < -0.4 is 0 Å². The van der Waals surface area contributed by atoms with E-state index in [0.29, 0.717) is 5.02 Å². The molecule has 0 bridgehead atoms. The van der Waals surface area contributed by atoms with Crippen molar-refractivity contribution in [2.24, 2.45) is 5.16 Å². The first kappa shape index (κ1) is 13.5. The van der Waals surface area contributed by atoms with Crippen molar-refractivity contribution in [3.63, 3.8) is 0 Å². The predicted molar refractivity (Wildman–Crippen MR) is 63.3 cm³/mol. The molecule has 0 saturated carbocycles. The minimum Gasteiger partial charge on any atom is -0.394 e. The van der Waals surface area contributed by atoms with E-state index in [0.717, 1.165) is 0 Å². The van der Waals surface area contributed by atoms with E-state index in [1.54, 1.807) is 6.92 Å². The molecule has 0 aliphatic carbocycles. The van der Waals surface area contributed by atoms with Gasteiger partial charge < -0.3 is 4.84 Å². The lowest BCUT2D eigenvalue weighted by molar-refractivity contribution is 0.160. The maximum Gasteiger partial charge on any atom is 0.275 e. The van der Waals surface area contributed by atoms with Crippen LogP contribution in [-0.4, -0.2) is 20.1 Å². The van der Waals surface area contributed by atoms with Gasteiger partial charge in [-0.3, -0.25) is 0 Å². The minimum atomic E-state index is -3.93. The van der Waals surface area contributed by atoms with E-state index in [1.165, 1.54) is 30.3 Å². The quantitative estimate of drug-likeness (QED) is 0.479. The molecule has 0 amide bonds. The number of sulfone groups is 1. The maximum absolute atomic E-state index is 11.9. The van der Waals surface area contributed by atoms with Gasteiger partial charge in [-0.1, -0.05) is 16.8 Å². The van der Waals surface area contributed by atoms with Crippen LogP contribution in [0.5, 0.6) is 0 Å². The molecule has 0 unspecified atom stereocenters. The van der Waals surface area contributed by atoms with Gasteiger partial charge in [-0.15, -0.1) is 0 Å². The highest BCUT2D eigenvalue weighted by atomic mass is 35.5. The van der Waals surface area contributed by atoms with Crippen LogP contribution in [-0.2, 0) is 14.7 Å². The van der Waals surface area contributed by atoms with E-state index in [2.05, 4.69) is 9.99 Å². The number of hydrogen-bond acceptors (Lipinski definition) is 5. The van der Waals surface area contributed by atoms with Gasteiger partial charge in [0.2, 0.25) is 9.84 Å². The fourth-order valence-corrected chi connectivity index (χ4v) is 2.09. The molecular formula is C10H9ClN2O3S. The zero-order valence-corrected chi connectivity index (χ0v) is 10.5. The third-order valence-electron chi connectivity index (χ3n) is 1.75. The van der Waals surface area contributed by atoms with Gasteiger partial charge in [-0.25, -0.2) is 8.42 Å². The zero-order chi connectivity index (χ0) is 12.9. The molecule has 0 aromatic heterocycles. The molecule has 0 spiro atoms. The number of rotatable bonds is 3. The summed E-state index contributed by atoms with van der Waals surface area (Å²) in [6.07, 6.45) is 0. The third kappa shape index (κ3) is 3.19. The molecule has 1 rings (SSSR count). The smallest absolute Gasteiger partial charge is 0.275 e. The second-order valence-corrected chi connectivity index (χ2v) is 5.18. The fourth-order valence-electron chi connectivity index (χ4n) is 0.978. The van der Waals surface area contributed by atoms with Crippen LogP contribution in [0.25, 0.3) is 0 Å². The first-order valence-corrected chi connectivity index (χ1v) is 6.49. The number of nitriles is 1. The number of oxime groups is 1. The molecule has 0 heterocycles. The second kappa shape index (κ2) is 5.66. The summed E-state index contributed by atoms with van der Waals surface area (Å²) in [6, 6.07) is 6.94. The normalized spacial score (nSPS) is 11.9. The summed E-state index contributed by atoms with van der Waals surface area (Å²) in [6.45, 7) is 1.81. The van der Waals surface area contributed by atoms with Crippen molar-refractivity contribution in [2.75, 3.05) is 6.61 Å². The van der Waals surface area contributed by atoms with Gasteiger partial charge in [0.15, 0.2) is 0 Å². The Morgan fingerprint density at radius 1 is 1.47 bits per heavy atom. The average molecular weight is 273 g/mol. The first-order chi connectivity index (χ1) is 8.02. The monoisotopic (exact) mass is 272 g/mol. The summed E-state index contributed by atoms with van der Waals surface area (Å²) in [7, 11) is -3.93. The van der Waals surface area contributed by atoms with Crippen LogP contribution >= 0.6 is 11.6 Å². The molecule has 1 aromatic carbocycles. The topological polar surface area (TPSA) is 79.5 Å². The van der Waals surface area contributed by atoms with Crippen molar-refractivity contribution in [3.8, 4) is 6.07 Å². The fraction of sp³-hybridized carbons (Fsp3) is 0.200. The van der Waals surface area contributed by atoms with Crippen molar-refractivity contribution >= 4 is 26.5 Å². The van der Waals surface area contributed by atoms with Crippen LogP contribution in [0.15, 0.2) is 34.3 Å². The van der Waals surface area contributed by atoms with Crippen molar-refractivity contribution in [2.45, 2.75) is 11.8 Å². The number of nitrogens with zero attached hydrogens (tertiary/aromatic N) is 2. The number of hydrogen-bond donors (Lipinski definition) is 0. The van der Waals surface area contributed by atoms with Gasteiger partial charge in [-0.2, -0.15) is 5.26 Å². The molecule has 0 N–H and O–H groups in total. The summed E-state index contributed by atoms with van der Waals surface area (Å²) >= 11 is 5.64. The highest BCUT2D eigenvalue weighted by Gasteiger charge is 2.23. The Kier molecular flexibility index (Phi) is 4.49. The van der Waals surface area contributed by atoms with Gasteiger partial charge in [0.25, 0.3) is 5.04 Å². The third-order valence-corrected chi connectivity index (χ3v) is 3.57. The van der Waals surface area contributed by atoms with Crippen LogP contribution in [0.1, 0.15) is 6.92 Å². The molecular weight excluding hydrogens is 264 g/mol. The van der Waals surface area contributed by atoms with E-state index < -0.39 is 14.9 Å². The standard InChI is InChI=1S/C10H9ClN2O3S/c1-2-16-13-10(7-12)17(14,15)9-5-3-8(11)4-6-9/h3-6H,2H2,1H3/b13-10-. The van der Waals surface area contributed by atoms with Crippen molar-refractivity contribution < 1.29 is 13.3 Å². The number of halogens is 1. The maximum atomic E-state index is 11.9. The molecule has 0 atom stereocenters. The Hall–Kier alpha value is -1.58. The molecule has 0 saturated heterocycles. The van der Waals surface area contributed by atoms with Gasteiger partial charge in [0.05, 0.1) is 4.90 Å². The van der Waals surface area contributed by atoms with Gasteiger partial charge >= 0.3 is 0 Å². The Morgan fingerprint density at radius 3 is 2.53 bits per heavy atom. The molecule has 0 radical (unpaired) electrons. The minimum absolute atomic E-state index is 0.0538. The van der Waals surface area contributed by atoms with E-state index >= 15 is 0 Å². The van der Waals surface area contributed by atoms with Crippen LogP contribution in [0, 0.1) is 11.3 Å². The zero-order valence-electron chi connectivity index (χ0n) is 8.92. The van der Waals surface area contributed by atoms with E-state index in [4.69, 9.17) is 16.9 Å². The SMILES string of the molecule is CCO/N=C(/C#N)S(=O)(=O)c1ccc(Cl)cc1. The second-order valence-electron chi connectivity index (χ2n) is 2.88. The van der Waals surface area contributed by atoms with Crippen LogP contribution in [0.3, 0.4) is 0 Å². The Bertz CT molecular complexity index is 558. The van der Waals surface area contributed by atoms with Gasteiger partial charge in [0.1, 0.15) is 12.7 Å². The average Bonchev–Trinajstić information content (AvgIpc) is 2.30. The lowest BCUT2D eigenvalue weighted by Gasteiger charge is -2.01. The summed E-state index contributed by atoms with van der Waals surface area (Å²) < 4.78 is 23.8. The highest BCUT2D eigenvalue weighted by molar-refractivity contribution is 8.07. The molecule has 0 aliphatic rings. The largest absolute Gasteiger partial charge is 0.394 e. The van der Waals surface area contributed by atoms with Crippen LogP contribution in [0.4, 0.5) is 0 Å². The molecule has 5 nitrogen and oxygen atoms in total. The molecule has 0 aliphatic heterocycles. The lowest BCUT2D eigenvalue weighted by atomic mass is 10.4. The summed E-state index contributed by atoms with van der Waals surface area (Å²) in [5, 5.41) is 11.7. The summed E-state index contributed by atoms with van der Waals surface area (Å²) in [5.41, 5.74) is 0. The lowest BCUT2D eigenvalue weighted by Crippen LogP contribution is -2.13. The Balaban J connectivity index is 3.19. The van der Waals surface area contributed by atoms with E-state index in [-0.39, 0.29) is 11.5 Å². The van der Waals surface area contributed by atoms with Crippen molar-refractivity contribution in [3.05, 3.63) is 29.3 Å². The van der Waals surface area contributed by atoms with Crippen molar-refractivity contribution in [1.82, 2.24) is 0 Å². The Morgan fingerprint density at radius 2 is 2.06 bits per heavy atom. The molecule has 17 heavy (non-hydrogen) atoms. The van der Waals surface area contributed by atoms with Gasteiger partial charge in [-0.05, 0) is 31.2 Å². The van der Waals surface area contributed by atoms with E-state index in [9.17, 15) is 8.42 Å². The summed E-state index contributed by atoms with van der Waals surface area (Å²) in [4.78, 5) is 4.52. The molecule has 0 fully saturated rings.